The molecule has 0 aliphatic carbocycles. The molecule has 0 N–H and O–H groups in total. The van der Waals surface area contributed by atoms with Crippen molar-refractivity contribution in [1.82, 2.24) is 0 Å². The summed E-state index contributed by atoms with van der Waals surface area (Å²) < 4.78 is 10.3. The van der Waals surface area contributed by atoms with Crippen molar-refractivity contribution in [3.05, 3.63) is 0 Å². The van der Waals surface area contributed by atoms with Gasteiger partial charge >= 0.3 is 5.97 Å². The van der Waals surface area contributed by atoms with E-state index in [1.807, 2.05) is 0 Å². The number of unbranched alkanes of at least 4 members (excludes halogenated alkanes) is 3. The van der Waals surface area contributed by atoms with Crippen LogP contribution in [0.4, 0.5) is 0 Å². The van der Waals surface area contributed by atoms with E-state index >= 15 is 0 Å². The first-order chi connectivity index (χ1) is 6.24. The molecule has 0 aromatic rings. The van der Waals surface area contributed by atoms with Gasteiger partial charge in [-0.05, 0) is 13.3 Å². The van der Waals surface area contributed by atoms with Gasteiger partial charge in [0.1, 0.15) is 0 Å². The Kier molecular flexibility index (Phi) is 4.22. The molecular weight excluding hydrogens is 168 g/mol. The van der Waals surface area contributed by atoms with Crippen molar-refractivity contribution in [3.8, 4) is 0 Å². The smallest absolute Gasteiger partial charge is 0.337 e. The second kappa shape index (κ2) is 5.22. The van der Waals surface area contributed by atoms with Gasteiger partial charge in [0.15, 0.2) is 6.10 Å². The number of hydrogen-bond acceptors (Lipinski definition) is 3. The molecule has 2 atom stereocenters. The van der Waals surface area contributed by atoms with E-state index in [-0.39, 0.29) is 18.4 Å². The molecule has 1 saturated heterocycles. The van der Waals surface area contributed by atoms with Crippen molar-refractivity contribution in [2.24, 2.45) is 0 Å². The molecule has 0 aromatic carbocycles. The van der Waals surface area contributed by atoms with Crippen LogP contribution in [0.5, 0.6) is 0 Å². The van der Waals surface area contributed by atoms with E-state index < -0.39 is 0 Å². The summed E-state index contributed by atoms with van der Waals surface area (Å²) in [5.41, 5.74) is 0. The number of ether oxygens (including phenoxy) is 2. The second-order valence-corrected chi connectivity index (χ2v) is 3.49. The fraction of sp³-hybridized carbons (Fsp3) is 0.900. The van der Waals surface area contributed by atoms with E-state index in [1.165, 1.54) is 19.3 Å². The predicted molar refractivity (Wildman–Crippen MR) is 49.2 cm³/mol. The van der Waals surface area contributed by atoms with Crippen LogP contribution in [0, 0.1) is 0 Å². The molecule has 0 saturated carbocycles. The van der Waals surface area contributed by atoms with Crippen LogP contribution in [0.1, 0.15) is 46.0 Å². The van der Waals surface area contributed by atoms with Crippen LogP contribution < -0.4 is 0 Å². The van der Waals surface area contributed by atoms with Crippen molar-refractivity contribution >= 4 is 5.97 Å². The second-order valence-electron chi connectivity index (χ2n) is 3.49. The summed E-state index contributed by atoms with van der Waals surface area (Å²) in [5.74, 6) is -0.222. The molecular formula is C10H18O3. The Hall–Kier alpha value is -0.570. The van der Waals surface area contributed by atoms with E-state index in [2.05, 4.69) is 6.92 Å². The first-order valence-corrected chi connectivity index (χ1v) is 5.10. The molecule has 0 bridgehead atoms. The molecule has 0 amide bonds. The Balaban J connectivity index is 2.07. The van der Waals surface area contributed by atoms with Gasteiger partial charge in [-0.15, -0.1) is 0 Å². The van der Waals surface area contributed by atoms with Crippen LogP contribution in [0.2, 0.25) is 0 Å². The first kappa shape index (κ1) is 10.5. The standard InChI is InChI=1S/C10H18O3/c1-3-4-5-6-7-9-12-8(2)10(11)13-9/h8-9H,3-7H2,1-2H3. The molecule has 0 aromatic heterocycles. The van der Waals surface area contributed by atoms with Crippen molar-refractivity contribution in [2.45, 2.75) is 58.3 Å². The first-order valence-electron chi connectivity index (χ1n) is 5.10. The van der Waals surface area contributed by atoms with Gasteiger partial charge in [0.25, 0.3) is 0 Å². The molecule has 1 rings (SSSR count). The summed E-state index contributed by atoms with van der Waals surface area (Å²) >= 11 is 0. The molecule has 1 heterocycles. The molecule has 0 spiro atoms. The summed E-state index contributed by atoms with van der Waals surface area (Å²) in [5, 5.41) is 0. The molecule has 3 nitrogen and oxygen atoms in total. The van der Waals surface area contributed by atoms with Crippen LogP contribution in [0.3, 0.4) is 0 Å². The summed E-state index contributed by atoms with van der Waals surface area (Å²) in [6.45, 7) is 3.91. The monoisotopic (exact) mass is 186 g/mol. The minimum Gasteiger partial charge on any atom is -0.434 e. The van der Waals surface area contributed by atoms with Crippen LogP contribution in [-0.4, -0.2) is 18.4 Å². The molecule has 1 aliphatic heterocycles. The molecule has 13 heavy (non-hydrogen) atoms. The molecule has 0 radical (unpaired) electrons. The molecule has 1 fully saturated rings. The zero-order valence-electron chi connectivity index (χ0n) is 8.41. The summed E-state index contributed by atoms with van der Waals surface area (Å²) in [6.07, 6.45) is 4.95. The van der Waals surface area contributed by atoms with Gasteiger partial charge in [0.05, 0.1) is 0 Å². The van der Waals surface area contributed by atoms with E-state index in [4.69, 9.17) is 9.47 Å². The fourth-order valence-corrected chi connectivity index (χ4v) is 1.40. The number of hydrogen-bond donors (Lipinski definition) is 0. The van der Waals surface area contributed by atoms with Gasteiger partial charge in [0, 0.05) is 6.42 Å². The number of rotatable bonds is 5. The summed E-state index contributed by atoms with van der Waals surface area (Å²) in [6, 6.07) is 0. The van der Waals surface area contributed by atoms with Gasteiger partial charge in [0.2, 0.25) is 6.29 Å². The van der Waals surface area contributed by atoms with Crippen LogP contribution >= 0.6 is 0 Å². The average molecular weight is 186 g/mol. The van der Waals surface area contributed by atoms with Gasteiger partial charge in [-0.2, -0.15) is 0 Å². The maximum Gasteiger partial charge on any atom is 0.337 e. The Bertz CT molecular complexity index is 168. The quantitative estimate of drug-likeness (QED) is 0.488. The van der Waals surface area contributed by atoms with Crippen molar-refractivity contribution in [2.75, 3.05) is 0 Å². The highest BCUT2D eigenvalue weighted by molar-refractivity contribution is 5.75. The molecule has 2 unspecified atom stereocenters. The van der Waals surface area contributed by atoms with Gasteiger partial charge in [-0.1, -0.05) is 26.2 Å². The highest BCUT2D eigenvalue weighted by atomic mass is 16.7. The lowest BCUT2D eigenvalue weighted by Crippen LogP contribution is -2.10. The highest BCUT2D eigenvalue weighted by Crippen LogP contribution is 2.18. The van der Waals surface area contributed by atoms with E-state index in [0.29, 0.717) is 0 Å². The lowest BCUT2D eigenvalue weighted by atomic mass is 10.1. The SMILES string of the molecule is CCCCCCC1OC(=O)C(C)O1. The maximum absolute atomic E-state index is 10.9. The fourth-order valence-electron chi connectivity index (χ4n) is 1.40. The Labute approximate surface area is 79.4 Å². The predicted octanol–water partition coefficient (Wildman–Crippen LogP) is 2.24. The van der Waals surface area contributed by atoms with Crippen LogP contribution in [0.15, 0.2) is 0 Å². The zero-order valence-corrected chi connectivity index (χ0v) is 8.41. The lowest BCUT2D eigenvalue weighted by molar-refractivity contribution is -0.143. The van der Waals surface area contributed by atoms with Crippen LogP contribution in [-0.2, 0) is 14.3 Å². The van der Waals surface area contributed by atoms with E-state index in [0.717, 1.165) is 12.8 Å². The van der Waals surface area contributed by atoms with Crippen molar-refractivity contribution in [1.29, 1.82) is 0 Å². The normalized spacial score (nSPS) is 27.7. The van der Waals surface area contributed by atoms with E-state index in [1.54, 1.807) is 6.92 Å². The summed E-state index contributed by atoms with van der Waals surface area (Å²) in [7, 11) is 0. The Morgan fingerprint density at radius 3 is 2.62 bits per heavy atom. The third-order valence-electron chi connectivity index (χ3n) is 2.23. The Morgan fingerprint density at radius 1 is 1.31 bits per heavy atom. The third kappa shape index (κ3) is 3.35. The minimum absolute atomic E-state index is 0.222. The van der Waals surface area contributed by atoms with Gasteiger partial charge < -0.3 is 9.47 Å². The number of cyclic esters (lactones) is 1. The van der Waals surface area contributed by atoms with Crippen molar-refractivity contribution < 1.29 is 14.3 Å². The topological polar surface area (TPSA) is 35.5 Å². The molecule has 76 valence electrons. The average Bonchev–Trinajstić information content (AvgIpc) is 2.41. The molecule has 3 heteroatoms. The Morgan fingerprint density at radius 2 is 2.08 bits per heavy atom. The highest BCUT2D eigenvalue weighted by Gasteiger charge is 2.30. The van der Waals surface area contributed by atoms with E-state index in [9.17, 15) is 4.79 Å². The van der Waals surface area contributed by atoms with Crippen molar-refractivity contribution in [3.63, 3.8) is 0 Å². The summed E-state index contributed by atoms with van der Waals surface area (Å²) in [4.78, 5) is 10.9. The lowest BCUT2D eigenvalue weighted by Gasteiger charge is -2.07. The maximum atomic E-state index is 10.9. The van der Waals surface area contributed by atoms with Crippen LogP contribution in [0.25, 0.3) is 0 Å². The largest absolute Gasteiger partial charge is 0.434 e. The number of carbonyl (C=O) groups is 1. The van der Waals surface area contributed by atoms with Gasteiger partial charge in [-0.3, -0.25) is 0 Å². The number of carbonyl (C=O) groups excluding carboxylic acids is 1. The zero-order chi connectivity index (χ0) is 9.68. The minimum atomic E-state index is -0.365. The molecule has 1 aliphatic rings. The number of esters is 1. The third-order valence-corrected chi connectivity index (χ3v) is 2.23. The van der Waals surface area contributed by atoms with Gasteiger partial charge in [-0.25, -0.2) is 4.79 Å².